The fraction of sp³-hybridized carbons (Fsp3) is 0.400. The summed E-state index contributed by atoms with van der Waals surface area (Å²) in [5, 5.41) is 0.0875. The third-order valence-corrected chi connectivity index (χ3v) is 2.94. The lowest BCUT2D eigenvalue weighted by molar-refractivity contribution is 0.174. The molecule has 1 unspecified atom stereocenters. The second kappa shape index (κ2) is 3.71. The van der Waals surface area contributed by atoms with Crippen molar-refractivity contribution in [1.82, 2.24) is 4.90 Å². The van der Waals surface area contributed by atoms with Gasteiger partial charge in [0.25, 0.3) is 0 Å². The Balaban J connectivity index is 2.28. The van der Waals surface area contributed by atoms with Gasteiger partial charge in [-0.1, -0.05) is 6.07 Å². The van der Waals surface area contributed by atoms with Crippen molar-refractivity contribution in [1.29, 1.82) is 0 Å². The van der Waals surface area contributed by atoms with E-state index in [1.54, 1.807) is 0 Å². The molecular weight excluding hydrogens is 198 g/mol. The lowest BCUT2D eigenvalue weighted by Gasteiger charge is -2.19. The SMILES string of the molecule is CN(C)C(S)c1ccc2c(c1)OCO2. The smallest absolute Gasteiger partial charge is 0.231 e. The summed E-state index contributed by atoms with van der Waals surface area (Å²) in [5.41, 5.74) is 1.11. The molecule has 1 aliphatic rings. The average Bonchev–Trinajstić information content (AvgIpc) is 2.62. The van der Waals surface area contributed by atoms with E-state index in [1.807, 2.05) is 37.2 Å². The van der Waals surface area contributed by atoms with Gasteiger partial charge in [0.05, 0.1) is 5.37 Å². The quantitative estimate of drug-likeness (QED) is 0.596. The Kier molecular flexibility index (Phi) is 2.56. The van der Waals surface area contributed by atoms with E-state index in [-0.39, 0.29) is 5.37 Å². The minimum absolute atomic E-state index is 0.0875. The molecule has 0 bridgehead atoms. The Hall–Kier alpha value is -0.870. The summed E-state index contributed by atoms with van der Waals surface area (Å²) < 4.78 is 10.5. The fourth-order valence-electron chi connectivity index (χ4n) is 1.37. The Morgan fingerprint density at radius 1 is 1.29 bits per heavy atom. The molecule has 0 fully saturated rings. The summed E-state index contributed by atoms with van der Waals surface area (Å²) in [5.74, 6) is 1.62. The molecule has 0 aliphatic carbocycles. The van der Waals surface area contributed by atoms with Gasteiger partial charge in [0, 0.05) is 0 Å². The molecule has 0 radical (unpaired) electrons. The van der Waals surface area contributed by atoms with Gasteiger partial charge in [-0.25, -0.2) is 0 Å². The maximum atomic E-state index is 5.29. The highest BCUT2D eigenvalue weighted by Gasteiger charge is 2.16. The second-order valence-electron chi connectivity index (χ2n) is 3.45. The van der Waals surface area contributed by atoms with E-state index in [0.717, 1.165) is 17.1 Å². The average molecular weight is 211 g/mol. The second-order valence-corrected chi connectivity index (χ2v) is 3.94. The number of ether oxygens (including phenoxy) is 2. The maximum Gasteiger partial charge on any atom is 0.231 e. The van der Waals surface area contributed by atoms with Crippen LogP contribution < -0.4 is 9.47 Å². The highest BCUT2D eigenvalue weighted by Crippen LogP contribution is 2.35. The summed E-state index contributed by atoms with van der Waals surface area (Å²) in [6.07, 6.45) is 0. The zero-order valence-electron chi connectivity index (χ0n) is 8.23. The number of fused-ring (bicyclic) bond motifs is 1. The summed E-state index contributed by atoms with van der Waals surface area (Å²) in [6, 6.07) is 5.90. The Morgan fingerprint density at radius 3 is 2.71 bits per heavy atom. The first-order valence-corrected chi connectivity index (χ1v) is 4.94. The minimum atomic E-state index is 0.0875. The predicted octanol–water partition coefficient (Wildman–Crippen LogP) is 1.91. The third-order valence-electron chi connectivity index (χ3n) is 2.18. The fourth-order valence-corrected chi connectivity index (χ4v) is 1.53. The first-order chi connectivity index (χ1) is 6.68. The summed E-state index contributed by atoms with van der Waals surface area (Å²) >= 11 is 4.48. The molecule has 1 heterocycles. The normalized spacial score (nSPS) is 16.0. The van der Waals surface area contributed by atoms with Crippen LogP contribution in [0.4, 0.5) is 0 Å². The molecule has 0 saturated heterocycles. The molecule has 0 aromatic heterocycles. The van der Waals surface area contributed by atoms with E-state index in [1.165, 1.54) is 0 Å². The molecule has 2 rings (SSSR count). The van der Waals surface area contributed by atoms with Crippen molar-refractivity contribution in [2.75, 3.05) is 20.9 Å². The lowest BCUT2D eigenvalue weighted by Crippen LogP contribution is -2.14. The monoisotopic (exact) mass is 211 g/mol. The number of benzene rings is 1. The molecule has 3 nitrogen and oxygen atoms in total. The van der Waals surface area contributed by atoms with Crippen molar-refractivity contribution in [3.63, 3.8) is 0 Å². The van der Waals surface area contributed by atoms with Crippen LogP contribution in [0.25, 0.3) is 0 Å². The highest BCUT2D eigenvalue weighted by atomic mass is 32.1. The molecule has 1 aromatic rings. The summed E-state index contributed by atoms with van der Waals surface area (Å²) in [4.78, 5) is 2.03. The van der Waals surface area contributed by atoms with Crippen LogP contribution in [0.1, 0.15) is 10.9 Å². The van der Waals surface area contributed by atoms with E-state index >= 15 is 0 Å². The largest absolute Gasteiger partial charge is 0.454 e. The Bertz CT molecular complexity index is 341. The van der Waals surface area contributed by atoms with Crippen molar-refractivity contribution in [2.24, 2.45) is 0 Å². The predicted molar refractivity (Wildman–Crippen MR) is 58.0 cm³/mol. The molecule has 76 valence electrons. The Labute approximate surface area is 89.0 Å². The van der Waals surface area contributed by atoms with Crippen LogP contribution in [-0.2, 0) is 0 Å². The van der Waals surface area contributed by atoms with Crippen molar-refractivity contribution >= 4 is 12.6 Å². The molecule has 0 spiro atoms. The van der Waals surface area contributed by atoms with Gasteiger partial charge >= 0.3 is 0 Å². The molecule has 0 saturated carbocycles. The standard InChI is InChI=1S/C10H13NO2S/c1-11(2)10(14)7-3-4-8-9(5-7)13-6-12-8/h3-5,10,14H,6H2,1-2H3. The third kappa shape index (κ3) is 1.67. The number of thiol groups is 1. The highest BCUT2D eigenvalue weighted by molar-refractivity contribution is 7.80. The topological polar surface area (TPSA) is 21.7 Å². The van der Waals surface area contributed by atoms with Gasteiger partial charge in [0.1, 0.15) is 0 Å². The van der Waals surface area contributed by atoms with E-state index in [2.05, 4.69) is 12.6 Å². The van der Waals surface area contributed by atoms with Crippen LogP contribution >= 0.6 is 12.6 Å². The molecule has 14 heavy (non-hydrogen) atoms. The van der Waals surface area contributed by atoms with E-state index in [9.17, 15) is 0 Å². The minimum Gasteiger partial charge on any atom is -0.454 e. The number of nitrogens with zero attached hydrogens (tertiary/aromatic N) is 1. The van der Waals surface area contributed by atoms with Crippen LogP contribution in [0.2, 0.25) is 0 Å². The van der Waals surface area contributed by atoms with Gasteiger partial charge in [-0.15, -0.1) is 0 Å². The molecular formula is C10H13NO2S. The van der Waals surface area contributed by atoms with Crippen molar-refractivity contribution < 1.29 is 9.47 Å². The van der Waals surface area contributed by atoms with Gasteiger partial charge < -0.3 is 9.47 Å². The molecule has 0 N–H and O–H groups in total. The summed E-state index contributed by atoms with van der Waals surface area (Å²) in [6.45, 7) is 0.317. The Morgan fingerprint density at radius 2 is 2.00 bits per heavy atom. The van der Waals surface area contributed by atoms with Gasteiger partial charge in [-0.2, -0.15) is 12.6 Å². The van der Waals surface area contributed by atoms with Gasteiger partial charge in [-0.3, -0.25) is 4.90 Å². The molecule has 1 atom stereocenters. The van der Waals surface area contributed by atoms with Crippen molar-refractivity contribution in [3.8, 4) is 11.5 Å². The van der Waals surface area contributed by atoms with Crippen LogP contribution in [0.15, 0.2) is 18.2 Å². The lowest BCUT2D eigenvalue weighted by atomic mass is 10.2. The number of rotatable bonds is 2. The van der Waals surface area contributed by atoms with Gasteiger partial charge in [0.2, 0.25) is 6.79 Å². The van der Waals surface area contributed by atoms with E-state index in [0.29, 0.717) is 6.79 Å². The molecule has 4 heteroatoms. The van der Waals surface area contributed by atoms with E-state index < -0.39 is 0 Å². The molecule has 0 amide bonds. The van der Waals surface area contributed by atoms with Crippen LogP contribution in [0.3, 0.4) is 0 Å². The first kappa shape index (κ1) is 9.68. The van der Waals surface area contributed by atoms with Crippen LogP contribution in [0, 0.1) is 0 Å². The van der Waals surface area contributed by atoms with Crippen LogP contribution in [0.5, 0.6) is 11.5 Å². The van der Waals surface area contributed by atoms with Crippen LogP contribution in [-0.4, -0.2) is 25.8 Å². The van der Waals surface area contributed by atoms with Crippen molar-refractivity contribution in [3.05, 3.63) is 23.8 Å². The molecule has 1 aliphatic heterocycles. The zero-order chi connectivity index (χ0) is 10.1. The van der Waals surface area contributed by atoms with Gasteiger partial charge in [-0.05, 0) is 31.8 Å². The maximum absolute atomic E-state index is 5.29. The molecule has 1 aromatic carbocycles. The number of hydrogen-bond donors (Lipinski definition) is 1. The zero-order valence-corrected chi connectivity index (χ0v) is 9.12. The number of hydrogen-bond acceptors (Lipinski definition) is 4. The van der Waals surface area contributed by atoms with Crippen molar-refractivity contribution in [2.45, 2.75) is 5.37 Å². The van der Waals surface area contributed by atoms with E-state index in [4.69, 9.17) is 9.47 Å². The van der Waals surface area contributed by atoms with Gasteiger partial charge in [0.15, 0.2) is 11.5 Å². The first-order valence-electron chi connectivity index (χ1n) is 4.42. The summed E-state index contributed by atoms with van der Waals surface area (Å²) in [7, 11) is 3.98.